The highest BCUT2D eigenvalue weighted by Gasteiger charge is 2.54. The van der Waals surface area contributed by atoms with Crippen LogP contribution in [0.25, 0.3) is 10.4 Å². The van der Waals surface area contributed by atoms with Crippen molar-refractivity contribution in [3.8, 4) is 17.2 Å². The van der Waals surface area contributed by atoms with Crippen LogP contribution in [0.3, 0.4) is 0 Å². The molecule has 0 fully saturated rings. The summed E-state index contributed by atoms with van der Waals surface area (Å²) in [5.74, 6) is 0.588. The van der Waals surface area contributed by atoms with Crippen molar-refractivity contribution in [2.75, 3.05) is 33.2 Å². The zero-order valence-corrected chi connectivity index (χ0v) is 28.9. The number of methoxy groups -OCH3 is 2. The van der Waals surface area contributed by atoms with Crippen molar-refractivity contribution in [2.24, 2.45) is 10.1 Å². The van der Waals surface area contributed by atoms with Crippen LogP contribution in [0, 0.1) is 0 Å². The molecule has 51 heavy (non-hydrogen) atoms. The maximum absolute atomic E-state index is 14.5. The maximum Gasteiger partial charge on any atom is 0.266 e. The Morgan fingerprint density at radius 3 is 2.43 bits per heavy atom. The van der Waals surface area contributed by atoms with Gasteiger partial charge in [-0.1, -0.05) is 53.6 Å². The fraction of sp³-hybridized carbons (Fsp3) is 0.278. The number of benzene rings is 4. The number of azide groups is 1. The number of carbonyl (C=O) groups excluding carboxylic acids is 1. The minimum atomic E-state index is -3.89. The van der Waals surface area contributed by atoms with Gasteiger partial charge in [-0.2, -0.15) is 0 Å². The highest BCUT2D eigenvalue weighted by molar-refractivity contribution is 7.91. The second-order valence-corrected chi connectivity index (χ2v) is 13.5. The molecule has 0 saturated heterocycles. The predicted octanol–water partition coefficient (Wildman–Crippen LogP) is 5.35. The number of aliphatic hydroxyl groups is 1. The third kappa shape index (κ3) is 8.59. The topological polar surface area (TPSA) is 194 Å². The van der Waals surface area contributed by atoms with E-state index in [1.54, 1.807) is 92.0 Å². The molecule has 4 aromatic carbocycles. The van der Waals surface area contributed by atoms with E-state index in [1.165, 1.54) is 19.2 Å². The molecule has 1 aliphatic heterocycles. The van der Waals surface area contributed by atoms with Crippen LogP contribution in [0.15, 0.2) is 112 Å². The van der Waals surface area contributed by atoms with E-state index in [4.69, 9.17) is 29.0 Å². The Morgan fingerprint density at radius 1 is 1.00 bits per heavy atom. The minimum absolute atomic E-state index is 0.00588. The van der Waals surface area contributed by atoms with E-state index >= 15 is 0 Å². The van der Waals surface area contributed by atoms with Crippen LogP contribution in [0.2, 0.25) is 0 Å². The number of carbonyl (C=O) groups is 1. The van der Waals surface area contributed by atoms with Crippen molar-refractivity contribution >= 4 is 27.3 Å². The highest BCUT2D eigenvalue weighted by Crippen LogP contribution is 2.46. The highest BCUT2D eigenvalue weighted by atomic mass is 32.2. The molecule has 4 aromatic rings. The first-order valence-electron chi connectivity index (χ1n) is 16.0. The van der Waals surface area contributed by atoms with E-state index in [1.807, 2.05) is 0 Å². The molecule has 0 aromatic heterocycles. The number of amides is 1. The Balaban J connectivity index is 1.56. The standard InChI is InChI=1S/C36H38N6O8S/c1-47-28-18-15-26(32(23-28)48-2)24-38-41-35(44)36(19-22-51(45,46)29-9-4-3-5-10-29)33(30-11-6-7-12-31(30)40-42-37)50-34(39-36)25-13-16-27(17-14-25)49-21-8-20-43/h3-7,9-18,23,33,38,43H,8,19-22,24H2,1-2H3,(H,41,44)/t33-,36-/m0/s1. The van der Waals surface area contributed by atoms with Gasteiger partial charge < -0.3 is 24.1 Å². The number of nitrogens with zero attached hydrogens (tertiary/aromatic N) is 4. The van der Waals surface area contributed by atoms with Crippen LogP contribution in [0.1, 0.15) is 35.6 Å². The van der Waals surface area contributed by atoms with Gasteiger partial charge in [0.25, 0.3) is 5.91 Å². The van der Waals surface area contributed by atoms with Gasteiger partial charge >= 0.3 is 0 Å². The van der Waals surface area contributed by atoms with Crippen LogP contribution in [-0.2, 0) is 25.9 Å². The summed E-state index contributed by atoms with van der Waals surface area (Å²) < 4.78 is 50.2. The average molecular weight is 715 g/mol. The molecule has 0 radical (unpaired) electrons. The maximum atomic E-state index is 14.5. The van der Waals surface area contributed by atoms with Crippen molar-refractivity contribution in [2.45, 2.75) is 35.9 Å². The smallest absolute Gasteiger partial charge is 0.266 e. The number of nitrogens with one attached hydrogen (secondary N) is 2. The Kier molecular flexibility index (Phi) is 12.1. The first-order valence-corrected chi connectivity index (χ1v) is 17.7. The average Bonchev–Trinajstić information content (AvgIpc) is 3.56. The molecule has 0 spiro atoms. The number of aliphatic imine (C=N–C) groups is 1. The minimum Gasteiger partial charge on any atom is -0.497 e. The number of sulfone groups is 1. The van der Waals surface area contributed by atoms with Gasteiger partial charge in [-0.15, -0.1) is 0 Å². The molecular weight excluding hydrogens is 676 g/mol. The summed E-state index contributed by atoms with van der Waals surface area (Å²) in [6.45, 7) is 0.445. The Morgan fingerprint density at radius 2 is 1.73 bits per heavy atom. The largest absolute Gasteiger partial charge is 0.497 e. The number of hydrogen-bond acceptors (Lipinski definition) is 11. The first-order chi connectivity index (χ1) is 24.7. The summed E-state index contributed by atoms with van der Waals surface area (Å²) >= 11 is 0. The molecule has 0 unspecified atom stereocenters. The quantitative estimate of drug-likeness (QED) is 0.0425. The lowest BCUT2D eigenvalue weighted by Crippen LogP contribution is -2.53. The van der Waals surface area contributed by atoms with Crippen LogP contribution in [-0.4, -0.2) is 64.1 Å². The van der Waals surface area contributed by atoms with E-state index in [9.17, 15) is 18.7 Å². The molecule has 0 aliphatic carbocycles. The van der Waals surface area contributed by atoms with Gasteiger partial charge in [-0.3, -0.25) is 10.2 Å². The van der Waals surface area contributed by atoms with Gasteiger partial charge in [0, 0.05) is 59.3 Å². The third-order valence-electron chi connectivity index (χ3n) is 8.23. The van der Waals surface area contributed by atoms with Crippen LogP contribution in [0.4, 0.5) is 5.69 Å². The van der Waals surface area contributed by atoms with Crippen molar-refractivity contribution < 1.29 is 37.3 Å². The lowest BCUT2D eigenvalue weighted by molar-refractivity contribution is -0.130. The van der Waals surface area contributed by atoms with E-state index in [0.717, 1.165) is 0 Å². The number of hydrazine groups is 1. The molecule has 3 N–H and O–H groups in total. The summed E-state index contributed by atoms with van der Waals surface area (Å²) in [7, 11) is -0.832. The number of hydrogen-bond donors (Lipinski definition) is 3. The molecule has 266 valence electrons. The number of aliphatic hydroxyl groups excluding tert-OH is 1. The lowest BCUT2D eigenvalue weighted by atomic mass is 9.84. The molecular formula is C36H38N6O8S. The van der Waals surface area contributed by atoms with Crippen molar-refractivity contribution in [1.29, 1.82) is 0 Å². The van der Waals surface area contributed by atoms with E-state index in [-0.39, 0.29) is 36.1 Å². The Bertz CT molecular complexity index is 2000. The summed E-state index contributed by atoms with van der Waals surface area (Å²) in [6, 6.07) is 26.6. The molecule has 14 nitrogen and oxygen atoms in total. The lowest BCUT2D eigenvalue weighted by Gasteiger charge is -2.31. The van der Waals surface area contributed by atoms with Crippen molar-refractivity contribution in [3.05, 3.63) is 124 Å². The monoisotopic (exact) mass is 714 g/mol. The second-order valence-electron chi connectivity index (χ2n) is 11.4. The molecule has 1 aliphatic rings. The molecule has 0 bridgehead atoms. The van der Waals surface area contributed by atoms with Gasteiger partial charge in [0.15, 0.2) is 21.5 Å². The van der Waals surface area contributed by atoms with Gasteiger partial charge in [-0.05, 0) is 48.0 Å². The van der Waals surface area contributed by atoms with Crippen LogP contribution >= 0.6 is 0 Å². The third-order valence-corrected chi connectivity index (χ3v) is 9.96. The van der Waals surface area contributed by atoms with Gasteiger partial charge in [0.1, 0.15) is 17.2 Å². The fourth-order valence-electron chi connectivity index (χ4n) is 5.56. The summed E-state index contributed by atoms with van der Waals surface area (Å²) in [6.07, 6.45) is -1.05. The number of ether oxygens (including phenoxy) is 4. The molecule has 2 atom stereocenters. The molecule has 1 amide bonds. The normalized spacial score (nSPS) is 16.7. The van der Waals surface area contributed by atoms with Crippen molar-refractivity contribution in [3.63, 3.8) is 0 Å². The molecule has 15 heteroatoms. The van der Waals surface area contributed by atoms with Crippen molar-refractivity contribution in [1.82, 2.24) is 10.9 Å². The Hall–Kier alpha value is -5.60. The summed E-state index contributed by atoms with van der Waals surface area (Å²) in [5.41, 5.74) is 14.9. The summed E-state index contributed by atoms with van der Waals surface area (Å²) in [4.78, 5) is 22.5. The van der Waals surface area contributed by atoms with E-state index in [0.29, 0.717) is 47.0 Å². The fourth-order valence-corrected chi connectivity index (χ4v) is 6.94. The van der Waals surface area contributed by atoms with Gasteiger partial charge in [0.05, 0.1) is 31.5 Å². The Labute approximate surface area is 295 Å². The first kappa shape index (κ1) is 36.7. The molecule has 1 heterocycles. The zero-order chi connectivity index (χ0) is 36.3. The zero-order valence-electron chi connectivity index (χ0n) is 28.1. The van der Waals surface area contributed by atoms with Crippen LogP contribution in [0.5, 0.6) is 17.2 Å². The molecule has 5 rings (SSSR count). The van der Waals surface area contributed by atoms with Crippen LogP contribution < -0.4 is 25.1 Å². The van der Waals surface area contributed by atoms with E-state index < -0.39 is 33.1 Å². The van der Waals surface area contributed by atoms with Gasteiger partial charge in [0.2, 0.25) is 5.90 Å². The van der Waals surface area contributed by atoms with E-state index in [2.05, 4.69) is 20.9 Å². The van der Waals surface area contributed by atoms with Gasteiger partial charge in [-0.25, -0.2) is 18.8 Å². The summed E-state index contributed by atoms with van der Waals surface area (Å²) in [5, 5.41) is 12.9. The SMILES string of the molecule is COc1ccc(CNNC(=O)[C@@]2(CCS(=O)(=O)c3ccccc3)N=C(c3ccc(OCCCO)cc3)O[C@H]2c2ccccc2N=[N+]=[N-])c(OC)c1. The predicted molar refractivity (Wildman–Crippen MR) is 190 cm³/mol. The molecule has 0 saturated carbocycles. The number of rotatable bonds is 17. The second kappa shape index (κ2) is 16.9.